The van der Waals surface area contributed by atoms with Gasteiger partial charge in [0.1, 0.15) is 10.7 Å². The number of para-hydroxylation sites is 1. The molecule has 45 heavy (non-hydrogen) atoms. The van der Waals surface area contributed by atoms with Gasteiger partial charge >= 0.3 is 6.18 Å². The van der Waals surface area contributed by atoms with Crippen molar-refractivity contribution < 1.29 is 31.2 Å². The number of aromatic nitrogens is 2. The number of fused-ring (bicyclic) bond motifs is 1. The Morgan fingerprint density at radius 1 is 0.867 bits per heavy atom. The molecule has 12 heteroatoms. The van der Waals surface area contributed by atoms with E-state index in [1.165, 1.54) is 42.5 Å². The molecule has 0 aliphatic rings. The molecule has 0 spiro atoms. The molecule has 5 aromatic rings. The van der Waals surface area contributed by atoms with Crippen LogP contribution in [0.4, 0.5) is 18.9 Å². The topological polar surface area (TPSA) is 110 Å². The summed E-state index contributed by atoms with van der Waals surface area (Å²) in [6.45, 7) is 1.97. The molecule has 5 rings (SSSR count). The summed E-state index contributed by atoms with van der Waals surface area (Å²) >= 11 is 0. The Morgan fingerprint density at radius 2 is 1.56 bits per heavy atom. The van der Waals surface area contributed by atoms with Gasteiger partial charge < -0.3 is 5.32 Å². The molecule has 0 aliphatic heterocycles. The second-order valence-corrected chi connectivity index (χ2v) is 12.0. The van der Waals surface area contributed by atoms with Gasteiger partial charge in [-0.25, -0.2) is 18.1 Å². The third-order valence-electron chi connectivity index (χ3n) is 7.08. The summed E-state index contributed by atoms with van der Waals surface area (Å²) in [4.78, 5) is 30.1. The van der Waals surface area contributed by atoms with Crippen molar-refractivity contribution in [2.45, 2.75) is 43.7 Å². The largest absolute Gasteiger partial charge is 0.416 e. The Labute approximate surface area is 258 Å². The number of unbranched alkanes of at least 4 members (excludes halogenated alkanes) is 2. The Hall–Kier alpha value is -4.97. The lowest BCUT2D eigenvalue weighted by Gasteiger charge is -2.13. The van der Waals surface area contributed by atoms with Crippen molar-refractivity contribution in [3.8, 4) is 17.1 Å². The number of sulfonamides is 1. The first-order valence-corrected chi connectivity index (χ1v) is 15.7. The van der Waals surface area contributed by atoms with Crippen LogP contribution >= 0.6 is 0 Å². The van der Waals surface area contributed by atoms with Gasteiger partial charge in [0.05, 0.1) is 22.3 Å². The number of rotatable bonds is 10. The number of alkyl halides is 3. The molecule has 0 fully saturated rings. The number of hydrogen-bond acceptors (Lipinski definition) is 5. The number of hydrogen-bond donors (Lipinski definition) is 2. The minimum absolute atomic E-state index is 0.0169. The highest BCUT2D eigenvalue weighted by Gasteiger charge is 2.30. The molecule has 0 bridgehead atoms. The lowest BCUT2D eigenvalue weighted by molar-refractivity contribution is -0.137. The van der Waals surface area contributed by atoms with E-state index in [2.05, 4.69) is 10.0 Å². The molecule has 0 atom stereocenters. The van der Waals surface area contributed by atoms with Gasteiger partial charge in [-0.05, 0) is 61.0 Å². The van der Waals surface area contributed by atoms with Crippen molar-refractivity contribution in [1.82, 2.24) is 14.3 Å². The normalized spacial score (nSPS) is 11.8. The van der Waals surface area contributed by atoms with E-state index in [-0.39, 0.29) is 22.6 Å². The molecule has 1 heterocycles. The number of nitrogens with zero attached hydrogens (tertiary/aromatic N) is 2. The van der Waals surface area contributed by atoms with Crippen molar-refractivity contribution in [2.24, 2.45) is 0 Å². The Morgan fingerprint density at radius 3 is 2.24 bits per heavy atom. The molecule has 0 radical (unpaired) electrons. The average molecular weight is 635 g/mol. The molecule has 232 valence electrons. The zero-order valence-corrected chi connectivity index (χ0v) is 25.0. The van der Waals surface area contributed by atoms with E-state index >= 15 is 0 Å². The van der Waals surface area contributed by atoms with Crippen molar-refractivity contribution >= 4 is 38.6 Å². The zero-order valence-electron chi connectivity index (χ0n) is 24.1. The van der Waals surface area contributed by atoms with Crippen molar-refractivity contribution in [2.75, 3.05) is 5.32 Å². The van der Waals surface area contributed by atoms with Crippen LogP contribution in [0.2, 0.25) is 0 Å². The fourth-order valence-corrected chi connectivity index (χ4v) is 6.03. The van der Waals surface area contributed by atoms with Crippen molar-refractivity contribution in [1.29, 1.82) is 0 Å². The van der Waals surface area contributed by atoms with Crippen LogP contribution in [0.1, 0.15) is 48.5 Å². The minimum Gasteiger partial charge on any atom is -0.321 e. The third kappa shape index (κ3) is 7.07. The molecule has 0 saturated carbocycles. The predicted octanol–water partition coefficient (Wildman–Crippen LogP) is 7.35. The summed E-state index contributed by atoms with van der Waals surface area (Å²) in [5.74, 6) is -0.805. The van der Waals surface area contributed by atoms with E-state index in [1.807, 2.05) is 37.3 Å². The summed E-state index contributed by atoms with van der Waals surface area (Å²) in [5.41, 5.74) is 1.44. The van der Waals surface area contributed by atoms with Crippen LogP contribution in [0.25, 0.3) is 28.1 Å². The zero-order chi connectivity index (χ0) is 32.2. The maximum atomic E-state index is 13.4. The van der Waals surface area contributed by atoms with Crippen LogP contribution in [-0.4, -0.2) is 29.8 Å². The first-order valence-electron chi connectivity index (χ1n) is 14.2. The Kier molecular flexibility index (Phi) is 9.05. The summed E-state index contributed by atoms with van der Waals surface area (Å²) < 4.78 is 69.5. The second-order valence-electron chi connectivity index (χ2n) is 10.3. The number of amides is 2. The maximum Gasteiger partial charge on any atom is 0.416 e. The molecular formula is C33H29F3N4O4S. The predicted molar refractivity (Wildman–Crippen MR) is 165 cm³/mol. The van der Waals surface area contributed by atoms with Gasteiger partial charge in [0.2, 0.25) is 5.91 Å². The van der Waals surface area contributed by atoms with E-state index in [0.29, 0.717) is 34.5 Å². The highest BCUT2D eigenvalue weighted by molar-refractivity contribution is 7.90. The molecule has 0 aliphatic carbocycles. The van der Waals surface area contributed by atoms with E-state index in [1.54, 1.807) is 16.7 Å². The van der Waals surface area contributed by atoms with Crippen LogP contribution in [0, 0.1) is 0 Å². The minimum atomic E-state index is -4.49. The number of carbonyl (C=O) groups is 2. The fourth-order valence-electron chi connectivity index (χ4n) is 4.85. The van der Waals surface area contributed by atoms with E-state index in [9.17, 15) is 31.2 Å². The molecule has 1 aromatic heterocycles. The summed E-state index contributed by atoms with van der Waals surface area (Å²) in [7, 11) is -4.27. The average Bonchev–Trinajstić information content (AvgIpc) is 3.40. The quantitative estimate of drug-likeness (QED) is 0.156. The first-order chi connectivity index (χ1) is 21.5. The van der Waals surface area contributed by atoms with Crippen molar-refractivity contribution in [3.05, 3.63) is 108 Å². The highest BCUT2D eigenvalue weighted by Crippen LogP contribution is 2.33. The molecule has 0 unspecified atom stereocenters. The van der Waals surface area contributed by atoms with Crippen LogP contribution < -0.4 is 10.0 Å². The van der Waals surface area contributed by atoms with E-state index in [0.717, 1.165) is 25.0 Å². The van der Waals surface area contributed by atoms with Gasteiger partial charge in [-0.15, -0.1) is 0 Å². The number of anilines is 1. The number of imidazole rings is 1. The lowest BCUT2D eigenvalue weighted by Crippen LogP contribution is -2.31. The maximum absolute atomic E-state index is 13.4. The van der Waals surface area contributed by atoms with Gasteiger partial charge in [0.15, 0.2) is 0 Å². The van der Waals surface area contributed by atoms with Gasteiger partial charge in [0, 0.05) is 23.2 Å². The second kappa shape index (κ2) is 12.9. The van der Waals surface area contributed by atoms with Gasteiger partial charge in [0.25, 0.3) is 15.9 Å². The Bertz CT molecular complexity index is 1960. The summed E-state index contributed by atoms with van der Waals surface area (Å²) in [6, 6.07) is 24.2. The Balaban J connectivity index is 1.47. The standard InChI is InChI=1S/C33H29F3N4O4S/c1-2-3-5-14-30(41)39-45(43,44)29-13-9-8-12-26(29)38-32(42)23-15-20-28-27(21-23)37-31(22-10-6-4-7-11-22)40(28)25-18-16-24(17-19-25)33(34,35)36/h4,6-13,15-21H,2-3,5,14H2,1H3,(H,38,42)(H,39,41). The highest BCUT2D eigenvalue weighted by atomic mass is 32.2. The van der Waals surface area contributed by atoms with E-state index in [4.69, 9.17) is 4.98 Å². The number of halogens is 3. The van der Waals surface area contributed by atoms with Gasteiger partial charge in [-0.2, -0.15) is 13.2 Å². The number of nitrogens with one attached hydrogen (secondary N) is 2. The van der Waals surface area contributed by atoms with Crippen molar-refractivity contribution in [3.63, 3.8) is 0 Å². The number of benzene rings is 4. The monoisotopic (exact) mass is 634 g/mol. The molecule has 2 N–H and O–H groups in total. The first kappa shape index (κ1) is 31.5. The summed E-state index contributed by atoms with van der Waals surface area (Å²) in [6.07, 6.45) is -2.20. The van der Waals surface area contributed by atoms with Crippen LogP contribution in [0.5, 0.6) is 0 Å². The molecule has 8 nitrogen and oxygen atoms in total. The smallest absolute Gasteiger partial charge is 0.321 e. The fraction of sp³-hybridized carbons (Fsp3) is 0.182. The summed E-state index contributed by atoms with van der Waals surface area (Å²) in [5, 5.41) is 2.62. The molecule has 2 amide bonds. The molecule has 0 saturated heterocycles. The lowest BCUT2D eigenvalue weighted by atomic mass is 10.1. The SMILES string of the molecule is CCCCCC(=O)NS(=O)(=O)c1ccccc1NC(=O)c1ccc2c(c1)nc(-c1ccccc1)n2-c1ccc(C(F)(F)F)cc1. The molecular weight excluding hydrogens is 605 g/mol. The van der Waals surface area contributed by atoms with Crippen LogP contribution in [0.15, 0.2) is 102 Å². The van der Waals surface area contributed by atoms with Gasteiger partial charge in [-0.1, -0.05) is 62.2 Å². The van der Waals surface area contributed by atoms with Gasteiger partial charge in [-0.3, -0.25) is 14.2 Å². The van der Waals surface area contributed by atoms with E-state index < -0.39 is 33.6 Å². The molecule has 4 aromatic carbocycles. The van der Waals surface area contributed by atoms with Crippen LogP contribution in [-0.2, 0) is 21.0 Å². The van der Waals surface area contributed by atoms with Crippen LogP contribution in [0.3, 0.4) is 0 Å². The third-order valence-corrected chi connectivity index (χ3v) is 8.51. The number of carbonyl (C=O) groups excluding carboxylic acids is 2.